The number of benzene rings is 2. The molecule has 8 heteroatoms. The van der Waals surface area contributed by atoms with E-state index in [0.717, 1.165) is 5.69 Å². The molecular formula is C22H25N3O4S. The maximum Gasteiger partial charge on any atom is 0.240 e. The van der Waals surface area contributed by atoms with E-state index in [9.17, 15) is 13.5 Å². The van der Waals surface area contributed by atoms with Crippen molar-refractivity contribution in [3.63, 3.8) is 0 Å². The Balaban J connectivity index is 1.55. The van der Waals surface area contributed by atoms with Crippen LogP contribution in [0.3, 0.4) is 0 Å². The van der Waals surface area contributed by atoms with E-state index in [-0.39, 0.29) is 17.4 Å². The Morgan fingerprint density at radius 1 is 1.07 bits per heavy atom. The van der Waals surface area contributed by atoms with Gasteiger partial charge in [-0.05, 0) is 54.7 Å². The molecule has 0 aliphatic carbocycles. The van der Waals surface area contributed by atoms with E-state index in [1.54, 1.807) is 35.3 Å². The summed E-state index contributed by atoms with van der Waals surface area (Å²) in [6.45, 7) is 1.01. The van der Waals surface area contributed by atoms with Crippen LogP contribution in [-0.4, -0.2) is 43.1 Å². The predicted octanol–water partition coefficient (Wildman–Crippen LogP) is 2.46. The summed E-state index contributed by atoms with van der Waals surface area (Å²) in [5.74, 6) is -0.0986. The third-order valence-electron chi connectivity index (χ3n) is 5.62. The summed E-state index contributed by atoms with van der Waals surface area (Å²) in [6, 6.07) is 17.5. The van der Waals surface area contributed by atoms with E-state index in [2.05, 4.69) is 9.82 Å². The van der Waals surface area contributed by atoms with Crippen LogP contribution in [0.4, 0.5) is 0 Å². The minimum Gasteiger partial charge on any atom is -0.383 e. The van der Waals surface area contributed by atoms with Crippen LogP contribution >= 0.6 is 0 Å². The second kappa shape index (κ2) is 8.69. The number of sulfonamides is 1. The molecule has 1 atom stereocenters. The molecule has 0 saturated carbocycles. The maximum absolute atomic E-state index is 12.9. The molecule has 3 aromatic rings. The van der Waals surface area contributed by atoms with Crippen molar-refractivity contribution in [2.75, 3.05) is 19.8 Å². The van der Waals surface area contributed by atoms with Crippen molar-refractivity contribution in [3.8, 4) is 5.69 Å². The van der Waals surface area contributed by atoms with Crippen molar-refractivity contribution >= 4 is 10.0 Å². The summed E-state index contributed by atoms with van der Waals surface area (Å²) >= 11 is 0. The van der Waals surface area contributed by atoms with Crippen LogP contribution in [0.25, 0.3) is 5.69 Å². The van der Waals surface area contributed by atoms with Gasteiger partial charge in [0, 0.05) is 32.2 Å². The van der Waals surface area contributed by atoms with Gasteiger partial charge in [-0.25, -0.2) is 17.8 Å². The molecule has 4 rings (SSSR count). The molecule has 1 saturated heterocycles. The summed E-state index contributed by atoms with van der Waals surface area (Å²) in [7, 11) is -3.80. The number of nitrogens with one attached hydrogen (secondary N) is 1. The number of aromatic nitrogens is 2. The van der Waals surface area contributed by atoms with E-state index < -0.39 is 15.6 Å². The maximum atomic E-state index is 12.9. The zero-order valence-corrected chi connectivity index (χ0v) is 17.3. The Kier molecular flexibility index (Phi) is 6.01. The van der Waals surface area contributed by atoms with Gasteiger partial charge in [-0.1, -0.05) is 30.3 Å². The Hall–Kier alpha value is -2.52. The van der Waals surface area contributed by atoms with Crippen molar-refractivity contribution in [2.24, 2.45) is 5.92 Å². The third-order valence-corrected chi connectivity index (χ3v) is 7.04. The van der Waals surface area contributed by atoms with E-state index in [1.165, 1.54) is 12.1 Å². The second-order valence-electron chi connectivity index (χ2n) is 7.45. The molecule has 2 N–H and O–H groups in total. The zero-order valence-electron chi connectivity index (χ0n) is 16.5. The van der Waals surface area contributed by atoms with Gasteiger partial charge in [0.15, 0.2) is 0 Å². The first-order valence-electron chi connectivity index (χ1n) is 9.94. The van der Waals surface area contributed by atoms with Crippen LogP contribution in [0.5, 0.6) is 0 Å². The van der Waals surface area contributed by atoms with Crippen molar-refractivity contribution < 1.29 is 18.3 Å². The van der Waals surface area contributed by atoms with Crippen LogP contribution in [0.1, 0.15) is 18.4 Å². The second-order valence-corrected chi connectivity index (χ2v) is 9.21. The molecule has 0 amide bonds. The fourth-order valence-electron chi connectivity index (χ4n) is 3.87. The lowest BCUT2D eigenvalue weighted by Gasteiger charge is -2.39. The molecule has 0 spiro atoms. The highest BCUT2D eigenvalue weighted by atomic mass is 32.2. The van der Waals surface area contributed by atoms with E-state index in [4.69, 9.17) is 4.74 Å². The van der Waals surface area contributed by atoms with Crippen LogP contribution in [0.15, 0.2) is 78.0 Å². The number of nitrogens with zero attached hydrogens (tertiary/aromatic N) is 2. The first-order chi connectivity index (χ1) is 14.5. The van der Waals surface area contributed by atoms with Gasteiger partial charge in [0.05, 0.1) is 10.6 Å². The van der Waals surface area contributed by atoms with Crippen molar-refractivity contribution in [2.45, 2.75) is 23.3 Å². The van der Waals surface area contributed by atoms with Gasteiger partial charge in [-0.15, -0.1) is 0 Å². The van der Waals surface area contributed by atoms with Crippen molar-refractivity contribution in [1.82, 2.24) is 14.5 Å². The van der Waals surface area contributed by atoms with Gasteiger partial charge in [0.2, 0.25) is 10.0 Å². The van der Waals surface area contributed by atoms with Crippen molar-refractivity contribution in [1.29, 1.82) is 0 Å². The van der Waals surface area contributed by atoms with Crippen LogP contribution in [0.2, 0.25) is 0 Å². The molecule has 7 nitrogen and oxygen atoms in total. The molecule has 1 aliphatic heterocycles. The van der Waals surface area contributed by atoms with Gasteiger partial charge in [-0.3, -0.25) is 0 Å². The summed E-state index contributed by atoms with van der Waals surface area (Å²) in [6.07, 6.45) is 4.79. The summed E-state index contributed by atoms with van der Waals surface area (Å²) in [5.41, 5.74) is 0.156. The third kappa shape index (κ3) is 4.32. The van der Waals surface area contributed by atoms with Gasteiger partial charge >= 0.3 is 0 Å². The standard InChI is InChI=1S/C22H25N3O4S/c26-22(18-5-2-1-3-6-18,19-11-15-29-16-12-19)17-24-30(27,28)21-9-7-20(8-10-21)25-14-4-13-23-25/h1-10,13-14,19,24,26H,11-12,15-17H2. The number of hydrogen-bond acceptors (Lipinski definition) is 5. The molecular weight excluding hydrogens is 402 g/mol. The molecule has 1 aliphatic rings. The van der Waals surface area contributed by atoms with Gasteiger partial charge < -0.3 is 9.84 Å². The minimum absolute atomic E-state index is 0.0986. The Bertz CT molecular complexity index is 1050. The number of aliphatic hydroxyl groups is 1. The lowest BCUT2D eigenvalue weighted by molar-refractivity contribution is -0.0663. The number of hydrogen-bond donors (Lipinski definition) is 2. The summed E-state index contributed by atoms with van der Waals surface area (Å²) in [4.78, 5) is 0.140. The fourth-order valence-corrected chi connectivity index (χ4v) is 4.94. The Morgan fingerprint density at radius 3 is 2.40 bits per heavy atom. The molecule has 1 fully saturated rings. The normalized spacial score (nSPS) is 17.5. The van der Waals surface area contributed by atoms with Gasteiger partial charge in [0.25, 0.3) is 0 Å². The molecule has 0 bridgehead atoms. The molecule has 158 valence electrons. The average molecular weight is 428 g/mol. The minimum atomic E-state index is -3.80. The SMILES string of the molecule is O=S(=O)(NCC(O)(c1ccccc1)C1CCOCC1)c1ccc(-n2cccn2)cc1. The molecule has 1 aromatic heterocycles. The molecule has 0 radical (unpaired) electrons. The number of rotatable bonds is 7. The highest BCUT2D eigenvalue weighted by molar-refractivity contribution is 7.89. The highest BCUT2D eigenvalue weighted by Gasteiger charge is 2.40. The van der Waals surface area contributed by atoms with E-state index in [1.807, 2.05) is 30.3 Å². The van der Waals surface area contributed by atoms with Crippen molar-refractivity contribution in [3.05, 3.63) is 78.6 Å². The predicted molar refractivity (Wildman–Crippen MR) is 113 cm³/mol. The monoisotopic (exact) mass is 427 g/mol. The van der Waals surface area contributed by atoms with E-state index in [0.29, 0.717) is 31.6 Å². The summed E-state index contributed by atoms with van der Waals surface area (Å²) < 4.78 is 35.6. The lowest BCUT2D eigenvalue weighted by Crippen LogP contribution is -2.47. The topological polar surface area (TPSA) is 93.5 Å². The van der Waals surface area contributed by atoms with Gasteiger partial charge in [0.1, 0.15) is 5.60 Å². The lowest BCUT2D eigenvalue weighted by atomic mass is 9.77. The molecule has 2 heterocycles. The van der Waals surface area contributed by atoms with Crippen LogP contribution in [0, 0.1) is 5.92 Å². The average Bonchev–Trinajstić information content (AvgIpc) is 3.34. The summed E-state index contributed by atoms with van der Waals surface area (Å²) in [5, 5.41) is 15.7. The molecule has 30 heavy (non-hydrogen) atoms. The number of ether oxygens (including phenoxy) is 1. The first-order valence-corrected chi connectivity index (χ1v) is 11.4. The molecule has 1 unspecified atom stereocenters. The Labute approximate surface area is 176 Å². The fraction of sp³-hybridized carbons (Fsp3) is 0.318. The van der Waals surface area contributed by atoms with E-state index >= 15 is 0 Å². The highest BCUT2D eigenvalue weighted by Crippen LogP contribution is 2.36. The zero-order chi connectivity index (χ0) is 21.0. The first kappa shape index (κ1) is 20.7. The smallest absolute Gasteiger partial charge is 0.240 e. The Morgan fingerprint density at radius 2 is 1.77 bits per heavy atom. The van der Waals surface area contributed by atoms with Crippen LogP contribution < -0.4 is 4.72 Å². The largest absolute Gasteiger partial charge is 0.383 e. The molecule has 2 aromatic carbocycles. The van der Waals surface area contributed by atoms with Gasteiger partial charge in [-0.2, -0.15) is 5.10 Å². The quantitative estimate of drug-likeness (QED) is 0.604. The van der Waals surface area contributed by atoms with Crippen LogP contribution in [-0.2, 0) is 20.4 Å².